The second kappa shape index (κ2) is 11.3. The van der Waals surface area contributed by atoms with E-state index in [0.717, 1.165) is 37.1 Å². The molecule has 1 aliphatic heterocycles. The normalized spacial score (nSPS) is 16.5. The van der Waals surface area contributed by atoms with Gasteiger partial charge in [0.05, 0.1) is 10.7 Å². The first-order chi connectivity index (χ1) is 13.7. The van der Waals surface area contributed by atoms with E-state index in [2.05, 4.69) is 43.1 Å². The summed E-state index contributed by atoms with van der Waals surface area (Å²) in [5, 5.41) is 12.7. The molecule has 29 heavy (non-hydrogen) atoms. The lowest BCUT2D eigenvalue weighted by Gasteiger charge is -2.31. The maximum absolute atomic E-state index is 11.6. The molecule has 0 spiro atoms. The fourth-order valence-corrected chi connectivity index (χ4v) is 3.78. The third-order valence-electron chi connectivity index (χ3n) is 4.63. The number of aliphatic imine (C=N–C) groups is 1. The zero-order chi connectivity index (χ0) is 21.3. The molecule has 0 aliphatic carbocycles. The van der Waals surface area contributed by atoms with Crippen molar-refractivity contribution >= 4 is 23.4 Å². The molecular formula is C20H36N6O2S. The average molecular weight is 425 g/mol. The third-order valence-corrected chi connectivity index (χ3v) is 5.45. The first kappa shape index (κ1) is 23.4. The van der Waals surface area contributed by atoms with Gasteiger partial charge in [0.25, 0.3) is 0 Å². The van der Waals surface area contributed by atoms with E-state index < -0.39 is 11.7 Å². The minimum atomic E-state index is -0.482. The summed E-state index contributed by atoms with van der Waals surface area (Å²) in [5.41, 5.74) is 0.706. The van der Waals surface area contributed by atoms with E-state index in [0.29, 0.717) is 19.0 Å². The number of aromatic nitrogens is 1. The number of ether oxygens (including phenoxy) is 1. The molecule has 164 valence electrons. The molecule has 1 aromatic rings. The van der Waals surface area contributed by atoms with E-state index in [4.69, 9.17) is 4.74 Å². The van der Waals surface area contributed by atoms with Crippen LogP contribution in [0.15, 0.2) is 10.4 Å². The van der Waals surface area contributed by atoms with E-state index in [-0.39, 0.29) is 0 Å². The summed E-state index contributed by atoms with van der Waals surface area (Å²) in [5.74, 6) is 1.40. The Morgan fingerprint density at radius 1 is 1.28 bits per heavy atom. The van der Waals surface area contributed by atoms with E-state index in [9.17, 15) is 4.79 Å². The Morgan fingerprint density at radius 2 is 1.97 bits per heavy atom. The van der Waals surface area contributed by atoms with Crippen LogP contribution in [-0.4, -0.2) is 67.3 Å². The van der Waals surface area contributed by atoms with E-state index in [1.807, 2.05) is 20.8 Å². The van der Waals surface area contributed by atoms with Gasteiger partial charge >= 0.3 is 6.09 Å². The van der Waals surface area contributed by atoms with Gasteiger partial charge in [-0.15, -0.1) is 11.3 Å². The molecule has 0 unspecified atom stereocenters. The van der Waals surface area contributed by atoms with Crippen LogP contribution in [0.25, 0.3) is 0 Å². The van der Waals surface area contributed by atoms with Gasteiger partial charge in [0.2, 0.25) is 0 Å². The standard InChI is InChI=1S/C20H36N6O2S/c1-15-25-17(14-29-15)13-26-10-6-16(7-11-26)12-24-18(21-5)22-8-9-23-19(27)28-20(2,3)4/h14,16H,6-13H2,1-5H3,(H,23,27)(H2,21,22,24). The van der Waals surface area contributed by atoms with Crippen molar-refractivity contribution in [2.75, 3.05) is 39.8 Å². The van der Waals surface area contributed by atoms with Crippen LogP contribution < -0.4 is 16.0 Å². The summed E-state index contributed by atoms with van der Waals surface area (Å²) in [4.78, 5) is 22.9. The number of amides is 1. The highest BCUT2D eigenvalue weighted by Gasteiger charge is 2.20. The van der Waals surface area contributed by atoms with Gasteiger partial charge in [0.15, 0.2) is 5.96 Å². The lowest BCUT2D eigenvalue weighted by atomic mass is 9.97. The monoisotopic (exact) mass is 424 g/mol. The van der Waals surface area contributed by atoms with Gasteiger partial charge in [-0.05, 0) is 59.5 Å². The molecule has 3 N–H and O–H groups in total. The number of guanidine groups is 1. The topological polar surface area (TPSA) is 90.9 Å². The minimum absolute atomic E-state index is 0.401. The predicted octanol–water partition coefficient (Wildman–Crippen LogP) is 2.35. The van der Waals surface area contributed by atoms with Crippen LogP contribution in [0, 0.1) is 12.8 Å². The van der Waals surface area contributed by atoms with Crippen LogP contribution in [0.1, 0.15) is 44.3 Å². The number of piperidine rings is 1. The van der Waals surface area contributed by atoms with Crippen LogP contribution in [0.5, 0.6) is 0 Å². The van der Waals surface area contributed by atoms with E-state index in [1.54, 1.807) is 18.4 Å². The zero-order valence-corrected chi connectivity index (χ0v) is 19.2. The fraction of sp³-hybridized carbons (Fsp3) is 0.750. The van der Waals surface area contributed by atoms with Crippen LogP contribution >= 0.6 is 11.3 Å². The molecule has 0 saturated carbocycles. The van der Waals surface area contributed by atoms with Crippen molar-refractivity contribution in [2.45, 2.75) is 52.7 Å². The molecular weight excluding hydrogens is 388 g/mol. The fourth-order valence-electron chi connectivity index (χ4n) is 3.18. The Hall–Kier alpha value is -1.87. The number of carbonyl (C=O) groups excluding carboxylic acids is 1. The van der Waals surface area contributed by atoms with Gasteiger partial charge in [0, 0.05) is 38.6 Å². The molecule has 0 aromatic carbocycles. The van der Waals surface area contributed by atoms with Crippen LogP contribution in [0.2, 0.25) is 0 Å². The Kier molecular flexibility index (Phi) is 9.16. The molecule has 0 radical (unpaired) electrons. The number of thiazole rings is 1. The summed E-state index contributed by atoms with van der Waals surface area (Å²) in [7, 11) is 1.76. The number of hydrogen-bond donors (Lipinski definition) is 3. The quantitative estimate of drug-likeness (QED) is 0.354. The SMILES string of the molecule is CN=C(NCCNC(=O)OC(C)(C)C)NCC1CCN(Cc2csc(C)n2)CC1. The largest absolute Gasteiger partial charge is 0.444 e. The highest BCUT2D eigenvalue weighted by molar-refractivity contribution is 7.09. The second-order valence-corrected chi connectivity index (χ2v) is 9.45. The molecule has 1 saturated heterocycles. The predicted molar refractivity (Wildman–Crippen MR) is 118 cm³/mol. The molecule has 1 aromatic heterocycles. The highest BCUT2D eigenvalue weighted by atomic mass is 32.1. The van der Waals surface area contributed by atoms with Crippen molar-refractivity contribution in [2.24, 2.45) is 10.9 Å². The summed E-state index contributed by atoms with van der Waals surface area (Å²) in [6, 6.07) is 0. The van der Waals surface area contributed by atoms with Crippen molar-refractivity contribution in [3.8, 4) is 0 Å². The number of alkyl carbamates (subject to hydrolysis) is 1. The summed E-state index contributed by atoms with van der Waals surface area (Å²) >= 11 is 1.72. The van der Waals surface area contributed by atoms with Gasteiger partial charge in [-0.3, -0.25) is 9.89 Å². The van der Waals surface area contributed by atoms with Gasteiger partial charge < -0.3 is 20.7 Å². The highest BCUT2D eigenvalue weighted by Crippen LogP contribution is 2.19. The Balaban J connectivity index is 1.58. The third kappa shape index (κ3) is 9.45. The van der Waals surface area contributed by atoms with Crippen LogP contribution in [-0.2, 0) is 11.3 Å². The van der Waals surface area contributed by atoms with Crippen LogP contribution in [0.3, 0.4) is 0 Å². The summed E-state index contributed by atoms with van der Waals surface area (Å²) in [6.45, 7) is 12.7. The maximum Gasteiger partial charge on any atom is 0.407 e. The average Bonchev–Trinajstić information content (AvgIpc) is 3.05. The van der Waals surface area contributed by atoms with Crippen molar-refractivity contribution in [1.29, 1.82) is 0 Å². The smallest absolute Gasteiger partial charge is 0.407 e. The lowest BCUT2D eigenvalue weighted by molar-refractivity contribution is 0.0529. The molecule has 8 nitrogen and oxygen atoms in total. The molecule has 2 rings (SSSR count). The molecule has 1 amide bonds. The lowest BCUT2D eigenvalue weighted by Crippen LogP contribution is -2.45. The number of nitrogens with one attached hydrogen (secondary N) is 3. The molecule has 1 fully saturated rings. The summed E-state index contributed by atoms with van der Waals surface area (Å²) in [6.07, 6.45) is 1.95. The first-order valence-electron chi connectivity index (χ1n) is 10.3. The molecule has 0 atom stereocenters. The number of hydrogen-bond acceptors (Lipinski definition) is 6. The first-order valence-corrected chi connectivity index (χ1v) is 11.2. The zero-order valence-electron chi connectivity index (χ0n) is 18.4. The summed E-state index contributed by atoms with van der Waals surface area (Å²) < 4.78 is 5.21. The van der Waals surface area contributed by atoms with Gasteiger partial charge in [-0.25, -0.2) is 9.78 Å². The molecule has 2 heterocycles. The molecule has 0 bridgehead atoms. The Morgan fingerprint density at radius 3 is 2.55 bits per heavy atom. The van der Waals surface area contributed by atoms with Gasteiger partial charge in [-0.2, -0.15) is 0 Å². The second-order valence-electron chi connectivity index (χ2n) is 8.39. The van der Waals surface area contributed by atoms with E-state index >= 15 is 0 Å². The molecule has 1 aliphatic rings. The van der Waals surface area contributed by atoms with Crippen molar-refractivity contribution in [3.05, 3.63) is 16.1 Å². The van der Waals surface area contributed by atoms with E-state index in [1.165, 1.54) is 18.5 Å². The Labute approximate surface area is 178 Å². The van der Waals surface area contributed by atoms with Crippen molar-refractivity contribution in [1.82, 2.24) is 25.8 Å². The van der Waals surface area contributed by atoms with Crippen LogP contribution in [0.4, 0.5) is 4.79 Å². The minimum Gasteiger partial charge on any atom is -0.444 e. The molecule has 9 heteroatoms. The van der Waals surface area contributed by atoms with Crippen molar-refractivity contribution < 1.29 is 9.53 Å². The number of nitrogens with zero attached hydrogens (tertiary/aromatic N) is 3. The number of likely N-dealkylation sites (tertiary alicyclic amines) is 1. The van der Waals surface area contributed by atoms with Crippen molar-refractivity contribution in [3.63, 3.8) is 0 Å². The van der Waals surface area contributed by atoms with Gasteiger partial charge in [0.1, 0.15) is 5.60 Å². The number of aryl methyl sites for hydroxylation is 1. The van der Waals surface area contributed by atoms with Gasteiger partial charge in [-0.1, -0.05) is 0 Å². The maximum atomic E-state index is 11.6. The number of rotatable bonds is 7. The Bertz CT molecular complexity index is 662. The number of carbonyl (C=O) groups is 1.